The van der Waals surface area contributed by atoms with Gasteiger partial charge in [0, 0.05) is 18.0 Å². The summed E-state index contributed by atoms with van der Waals surface area (Å²) in [6.07, 6.45) is 6.12. The molecule has 0 radical (unpaired) electrons. The molecule has 0 bridgehead atoms. The lowest BCUT2D eigenvalue weighted by Crippen LogP contribution is -2.49. The van der Waals surface area contributed by atoms with Gasteiger partial charge in [-0.1, -0.05) is 6.42 Å². The lowest BCUT2D eigenvalue weighted by molar-refractivity contribution is 0.0231. The minimum atomic E-state index is -0.266. The van der Waals surface area contributed by atoms with E-state index in [9.17, 15) is 4.79 Å². The summed E-state index contributed by atoms with van der Waals surface area (Å²) in [7, 11) is 0. The molecule has 104 valence electrons. The van der Waals surface area contributed by atoms with Gasteiger partial charge in [-0.15, -0.1) is 0 Å². The predicted octanol–water partition coefficient (Wildman–Crippen LogP) is 2.39. The standard InChI is InChI=1S/C14H26N2O2/c1-11(2)15-14(17)18-10-12-6-5-9-16-8-4-3-7-13(12)16/h11-13H,3-10H2,1-2H3,(H,15,17)/t12-,13-/m1/s1. The molecule has 2 aliphatic rings. The molecular formula is C14H26N2O2. The van der Waals surface area contributed by atoms with Crippen LogP contribution in [0.25, 0.3) is 0 Å². The maximum Gasteiger partial charge on any atom is 0.407 e. The Hall–Kier alpha value is -0.770. The van der Waals surface area contributed by atoms with E-state index >= 15 is 0 Å². The summed E-state index contributed by atoms with van der Waals surface area (Å²) in [5, 5.41) is 2.78. The van der Waals surface area contributed by atoms with Crippen molar-refractivity contribution in [2.75, 3.05) is 19.7 Å². The van der Waals surface area contributed by atoms with Gasteiger partial charge in [0.05, 0.1) is 6.61 Å². The molecule has 2 rings (SSSR count). The number of rotatable bonds is 3. The fourth-order valence-electron chi connectivity index (χ4n) is 3.23. The molecule has 0 unspecified atom stereocenters. The van der Waals surface area contributed by atoms with E-state index in [0.29, 0.717) is 18.6 Å². The fourth-order valence-corrected chi connectivity index (χ4v) is 3.23. The molecule has 2 heterocycles. The molecule has 18 heavy (non-hydrogen) atoms. The zero-order valence-corrected chi connectivity index (χ0v) is 11.7. The van der Waals surface area contributed by atoms with Crippen LogP contribution in [-0.4, -0.2) is 42.8 Å². The van der Waals surface area contributed by atoms with Crippen LogP contribution in [0.5, 0.6) is 0 Å². The normalized spacial score (nSPS) is 28.8. The molecule has 0 aliphatic carbocycles. The Balaban J connectivity index is 1.79. The van der Waals surface area contributed by atoms with Crippen LogP contribution in [0.3, 0.4) is 0 Å². The van der Waals surface area contributed by atoms with E-state index in [1.807, 2.05) is 13.8 Å². The van der Waals surface area contributed by atoms with Crippen LogP contribution >= 0.6 is 0 Å². The number of alkyl carbamates (subject to hydrolysis) is 1. The largest absolute Gasteiger partial charge is 0.449 e. The first-order chi connectivity index (χ1) is 8.66. The highest BCUT2D eigenvalue weighted by Gasteiger charge is 2.33. The second-order valence-corrected chi connectivity index (χ2v) is 5.90. The number of carbonyl (C=O) groups excluding carboxylic acids is 1. The number of carbonyl (C=O) groups is 1. The minimum absolute atomic E-state index is 0.148. The Bertz CT molecular complexity index is 279. The smallest absolute Gasteiger partial charge is 0.407 e. The Morgan fingerprint density at radius 3 is 2.83 bits per heavy atom. The Labute approximate surface area is 110 Å². The number of amides is 1. The summed E-state index contributed by atoms with van der Waals surface area (Å²) in [5.74, 6) is 0.539. The average Bonchev–Trinajstić information content (AvgIpc) is 2.35. The number of nitrogens with one attached hydrogen (secondary N) is 1. The van der Waals surface area contributed by atoms with E-state index in [0.717, 1.165) is 0 Å². The van der Waals surface area contributed by atoms with E-state index in [1.165, 1.54) is 45.2 Å². The molecule has 2 saturated heterocycles. The number of nitrogens with zero attached hydrogens (tertiary/aromatic N) is 1. The fraction of sp³-hybridized carbons (Fsp3) is 0.929. The second kappa shape index (κ2) is 6.41. The zero-order valence-electron chi connectivity index (χ0n) is 11.7. The van der Waals surface area contributed by atoms with Crippen LogP contribution in [0, 0.1) is 5.92 Å². The third-order valence-electron chi connectivity index (χ3n) is 4.06. The third kappa shape index (κ3) is 3.61. The number of hydrogen-bond acceptors (Lipinski definition) is 3. The average molecular weight is 254 g/mol. The van der Waals surface area contributed by atoms with Gasteiger partial charge in [0.15, 0.2) is 0 Å². The summed E-state index contributed by atoms with van der Waals surface area (Å²) >= 11 is 0. The Kier molecular flexibility index (Phi) is 4.87. The first-order valence-corrected chi connectivity index (χ1v) is 7.34. The van der Waals surface area contributed by atoms with Crippen LogP contribution in [0.1, 0.15) is 46.0 Å². The maximum absolute atomic E-state index is 11.5. The van der Waals surface area contributed by atoms with Crippen LogP contribution in [0.2, 0.25) is 0 Å². The van der Waals surface area contributed by atoms with Crippen molar-refractivity contribution in [3.05, 3.63) is 0 Å². The van der Waals surface area contributed by atoms with Crippen molar-refractivity contribution in [3.8, 4) is 0 Å². The first kappa shape index (κ1) is 13.7. The highest BCUT2D eigenvalue weighted by molar-refractivity contribution is 5.67. The Morgan fingerprint density at radius 1 is 1.28 bits per heavy atom. The van der Waals surface area contributed by atoms with Gasteiger partial charge in [0.1, 0.15) is 0 Å². The van der Waals surface area contributed by atoms with Crippen molar-refractivity contribution < 1.29 is 9.53 Å². The highest BCUT2D eigenvalue weighted by Crippen LogP contribution is 2.30. The molecule has 1 N–H and O–H groups in total. The predicted molar refractivity (Wildman–Crippen MR) is 71.6 cm³/mol. The van der Waals surface area contributed by atoms with Crippen LogP contribution in [-0.2, 0) is 4.74 Å². The molecule has 0 aromatic rings. The molecule has 4 heteroatoms. The molecule has 2 atom stereocenters. The van der Waals surface area contributed by atoms with Gasteiger partial charge in [-0.3, -0.25) is 4.90 Å². The molecule has 2 aliphatic heterocycles. The van der Waals surface area contributed by atoms with Crippen molar-refractivity contribution >= 4 is 6.09 Å². The minimum Gasteiger partial charge on any atom is -0.449 e. The van der Waals surface area contributed by atoms with Gasteiger partial charge in [0.2, 0.25) is 0 Å². The van der Waals surface area contributed by atoms with Crippen molar-refractivity contribution in [2.45, 2.75) is 58.0 Å². The lowest BCUT2D eigenvalue weighted by Gasteiger charge is -2.44. The molecule has 2 fully saturated rings. The number of fused-ring (bicyclic) bond motifs is 1. The van der Waals surface area contributed by atoms with Gasteiger partial charge in [-0.05, 0) is 52.6 Å². The van der Waals surface area contributed by atoms with E-state index in [2.05, 4.69) is 10.2 Å². The molecule has 4 nitrogen and oxygen atoms in total. The van der Waals surface area contributed by atoms with E-state index in [-0.39, 0.29) is 12.1 Å². The molecule has 0 aromatic carbocycles. The van der Waals surface area contributed by atoms with Gasteiger partial charge in [0.25, 0.3) is 0 Å². The SMILES string of the molecule is CC(C)NC(=O)OC[C@H]1CCCN2CCCC[C@H]12. The van der Waals surface area contributed by atoms with Crippen molar-refractivity contribution in [1.82, 2.24) is 10.2 Å². The summed E-state index contributed by atoms with van der Waals surface area (Å²) in [6, 6.07) is 0.800. The number of hydrogen-bond donors (Lipinski definition) is 1. The van der Waals surface area contributed by atoms with Gasteiger partial charge >= 0.3 is 6.09 Å². The van der Waals surface area contributed by atoms with Crippen molar-refractivity contribution in [2.24, 2.45) is 5.92 Å². The maximum atomic E-state index is 11.5. The number of ether oxygens (including phenoxy) is 1. The topological polar surface area (TPSA) is 41.6 Å². The van der Waals surface area contributed by atoms with Gasteiger partial charge in [-0.25, -0.2) is 4.79 Å². The summed E-state index contributed by atoms with van der Waals surface area (Å²) in [4.78, 5) is 14.1. The van der Waals surface area contributed by atoms with Crippen LogP contribution < -0.4 is 5.32 Å². The molecule has 0 spiro atoms. The highest BCUT2D eigenvalue weighted by atomic mass is 16.5. The summed E-state index contributed by atoms with van der Waals surface area (Å²) in [6.45, 7) is 6.95. The van der Waals surface area contributed by atoms with Gasteiger partial charge in [-0.2, -0.15) is 0 Å². The van der Waals surface area contributed by atoms with Crippen LogP contribution in [0.4, 0.5) is 4.79 Å². The molecular weight excluding hydrogens is 228 g/mol. The Morgan fingerprint density at radius 2 is 2.06 bits per heavy atom. The summed E-state index contributed by atoms with van der Waals surface area (Å²) in [5.41, 5.74) is 0. The quantitative estimate of drug-likeness (QED) is 0.841. The molecule has 0 saturated carbocycles. The third-order valence-corrected chi connectivity index (χ3v) is 4.06. The van der Waals surface area contributed by atoms with Crippen molar-refractivity contribution in [3.63, 3.8) is 0 Å². The first-order valence-electron chi connectivity index (χ1n) is 7.34. The van der Waals surface area contributed by atoms with E-state index in [4.69, 9.17) is 4.74 Å². The van der Waals surface area contributed by atoms with Crippen molar-refractivity contribution in [1.29, 1.82) is 0 Å². The molecule has 0 aromatic heterocycles. The second-order valence-electron chi connectivity index (χ2n) is 5.90. The van der Waals surface area contributed by atoms with Gasteiger partial charge < -0.3 is 10.1 Å². The lowest BCUT2D eigenvalue weighted by atomic mass is 9.84. The monoisotopic (exact) mass is 254 g/mol. The molecule has 1 amide bonds. The zero-order chi connectivity index (χ0) is 13.0. The van der Waals surface area contributed by atoms with Crippen LogP contribution in [0.15, 0.2) is 0 Å². The van der Waals surface area contributed by atoms with E-state index < -0.39 is 0 Å². The summed E-state index contributed by atoms with van der Waals surface area (Å²) < 4.78 is 5.36. The van der Waals surface area contributed by atoms with E-state index in [1.54, 1.807) is 0 Å². The number of piperidine rings is 2.